The maximum absolute atomic E-state index is 12.6. The quantitative estimate of drug-likeness (QED) is 0.856. The average Bonchev–Trinajstić information content (AvgIpc) is 2.55. The molecule has 0 spiro atoms. The molecule has 1 amide bonds. The van der Waals surface area contributed by atoms with Crippen LogP contribution in [-0.4, -0.2) is 24.5 Å². The van der Waals surface area contributed by atoms with E-state index in [1.807, 2.05) is 6.07 Å². The predicted molar refractivity (Wildman–Crippen MR) is 86.3 cm³/mol. The Morgan fingerprint density at radius 3 is 2.67 bits per heavy atom. The number of hydrogen-bond donors (Lipinski definition) is 2. The lowest BCUT2D eigenvalue weighted by Crippen LogP contribution is -2.18. The number of aromatic nitrogens is 1. The second kappa shape index (κ2) is 7.53. The molecule has 0 saturated heterocycles. The van der Waals surface area contributed by atoms with Crippen molar-refractivity contribution in [3.63, 3.8) is 0 Å². The number of pyridine rings is 1. The lowest BCUT2D eigenvalue weighted by atomic mass is 10.1. The van der Waals surface area contributed by atoms with Crippen LogP contribution in [0.1, 0.15) is 21.5 Å². The van der Waals surface area contributed by atoms with E-state index in [1.54, 1.807) is 25.2 Å². The fourth-order valence-corrected chi connectivity index (χ4v) is 2.29. The van der Waals surface area contributed by atoms with E-state index in [9.17, 15) is 18.0 Å². The van der Waals surface area contributed by atoms with Crippen LogP contribution >= 0.6 is 11.6 Å². The fraction of sp³-hybridized carbons (Fsp3) is 0.250. The summed E-state index contributed by atoms with van der Waals surface area (Å²) in [5.41, 5.74) is 0.559. The predicted octanol–water partition coefficient (Wildman–Crippen LogP) is 3.77. The normalized spacial score (nSPS) is 11.2. The largest absolute Gasteiger partial charge is 0.417 e. The highest BCUT2D eigenvalue weighted by molar-refractivity contribution is 6.32. The van der Waals surface area contributed by atoms with Crippen LogP contribution < -0.4 is 10.6 Å². The Bertz CT molecular complexity index is 735. The summed E-state index contributed by atoms with van der Waals surface area (Å²) in [6.07, 6.45) is -3.18. The molecule has 0 aliphatic carbocycles. The van der Waals surface area contributed by atoms with E-state index in [-0.39, 0.29) is 16.7 Å². The van der Waals surface area contributed by atoms with Gasteiger partial charge in [0.05, 0.1) is 10.6 Å². The minimum atomic E-state index is -4.48. The van der Waals surface area contributed by atoms with E-state index >= 15 is 0 Å². The minimum Gasteiger partial charge on any atom is -0.369 e. The van der Waals surface area contributed by atoms with Crippen molar-refractivity contribution < 1.29 is 18.0 Å². The highest BCUT2D eigenvalue weighted by Crippen LogP contribution is 2.32. The van der Waals surface area contributed by atoms with E-state index in [4.69, 9.17) is 11.6 Å². The number of halogens is 4. The lowest BCUT2D eigenvalue weighted by Gasteiger charge is -2.11. The maximum Gasteiger partial charge on any atom is 0.417 e. The third kappa shape index (κ3) is 4.61. The molecule has 2 rings (SSSR count). The van der Waals surface area contributed by atoms with Gasteiger partial charge in [-0.15, -0.1) is 0 Å². The molecule has 0 bridgehead atoms. The minimum absolute atomic E-state index is 0.0936. The van der Waals surface area contributed by atoms with Crippen LogP contribution in [0.2, 0.25) is 5.02 Å². The molecule has 1 heterocycles. The van der Waals surface area contributed by atoms with Gasteiger partial charge in [0.1, 0.15) is 5.82 Å². The van der Waals surface area contributed by atoms with Crippen LogP contribution in [-0.2, 0) is 12.6 Å². The molecule has 1 aromatic heterocycles. The summed E-state index contributed by atoms with van der Waals surface area (Å²) in [6, 6.07) is 7.91. The lowest BCUT2D eigenvalue weighted by molar-refractivity contribution is -0.137. The van der Waals surface area contributed by atoms with Crippen molar-refractivity contribution >= 4 is 23.3 Å². The van der Waals surface area contributed by atoms with Gasteiger partial charge in [0, 0.05) is 25.4 Å². The first-order chi connectivity index (χ1) is 11.3. The highest BCUT2D eigenvalue weighted by Gasteiger charge is 2.31. The molecular formula is C16H15ClF3N3O. The summed E-state index contributed by atoms with van der Waals surface area (Å²) < 4.78 is 37.7. The van der Waals surface area contributed by atoms with E-state index in [0.717, 1.165) is 17.8 Å². The molecular weight excluding hydrogens is 343 g/mol. The van der Waals surface area contributed by atoms with Crippen molar-refractivity contribution in [2.24, 2.45) is 0 Å². The number of alkyl halides is 3. The number of amides is 1. The van der Waals surface area contributed by atoms with Crippen molar-refractivity contribution in [1.82, 2.24) is 10.3 Å². The number of carbonyl (C=O) groups is 1. The Kier molecular flexibility index (Phi) is 5.66. The second-order valence-electron chi connectivity index (χ2n) is 5.01. The number of hydrogen-bond acceptors (Lipinski definition) is 3. The SMILES string of the molecule is CNC(=O)c1cccc(CCNc2ncc(C(F)(F)F)cc2Cl)c1. The van der Waals surface area contributed by atoms with E-state index < -0.39 is 11.7 Å². The molecule has 4 nitrogen and oxygen atoms in total. The standard InChI is InChI=1S/C16H15ClF3N3O/c1-21-15(24)11-4-2-3-10(7-11)5-6-22-14-13(17)8-12(9-23-14)16(18,19)20/h2-4,7-9H,5-6H2,1H3,(H,21,24)(H,22,23). The molecule has 0 radical (unpaired) electrons. The van der Waals surface area contributed by atoms with Gasteiger partial charge < -0.3 is 10.6 Å². The van der Waals surface area contributed by atoms with E-state index in [0.29, 0.717) is 18.5 Å². The van der Waals surface area contributed by atoms with E-state index in [1.165, 1.54) is 0 Å². The maximum atomic E-state index is 12.6. The van der Waals surface area contributed by atoms with Crippen molar-refractivity contribution in [2.75, 3.05) is 18.9 Å². The zero-order valence-corrected chi connectivity index (χ0v) is 13.5. The third-order valence-electron chi connectivity index (χ3n) is 3.29. The molecule has 8 heteroatoms. The molecule has 1 aromatic carbocycles. The number of anilines is 1. The molecule has 0 atom stereocenters. The molecule has 24 heavy (non-hydrogen) atoms. The summed E-state index contributed by atoms with van der Waals surface area (Å²) >= 11 is 5.82. The third-order valence-corrected chi connectivity index (χ3v) is 3.58. The number of nitrogens with one attached hydrogen (secondary N) is 2. The van der Waals surface area contributed by atoms with Crippen molar-refractivity contribution in [3.05, 3.63) is 58.2 Å². The first kappa shape index (κ1) is 18.1. The van der Waals surface area contributed by atoms with Crippen LogP contribution in [0.15, 0.2) is 36.5 Å². The van der Waals surface area contributed by atoms with Gasteiger partial charge in [0.25, 0.3) is 5.91 Å². The average molecular weight is 358 g/mol. The zero-order valence-electron chi connectivity index (χ0n) is 12.7. The van der Waals surface area contributed by atoms with Crippen molar-refractivity contribution in [2.45, 2.75) is 12.6 Å². The molecule has 2 N–H and O–H groups in total. The van der Waals surface area contributed by atoms with Gasteiger partial charge in [-0.25, -0.2) is 4.98 Å². The first-order valence-electron chi connectivity index (χ1n) is 7.09. The molecule has 0 saturated carbocycles. The Hall–Kier alpha value is -2.28. The van der Waals surface area contributed by atoms with Gasteiger partial charge in [-0.3, -0.25) is 4.79 Å². The summed E-state index contributed by atoms with van der Waals surface area (Å²) in [7, 11) is 1.55. The highest BCUT2D eigenvalue weighted by atomic mass is 35.5. The van der Waals surface area contributed by atoms with Gasteiger partial charge in [-0.2, -0.15) is 13.2 Å². The van der Waals surface area contributed by atoms with Crippen LogP contribution in [0, 0.1) is 0 Å². The molecule has 0 aliphatic rings. The zero-order chi connectivity index (χ0) is 17.7. The van der Waals surface area contributed by atoms with E-state index in [2.05, 4.69) is 15.6 Å². The Morgan fingerprint density at radius 2 is 2.04 bits per heavy atom. The fourth-order valence-electron chi connectivity index (χ4n) is 2.06. The Morgan fingerprint density at radius 1 is 1.29 bits per heavy atom. The first-order valence-corrected chi connectivity index (χ1v) is 7.46. The number of nitrogens with zero attached hydrogens (tertiary/aromatic N) is 1. The van der Waals surface area contributed by atoms with Gasteiger partial charge in [-0.05, 0) is 30.2 Å². The van der Waals surface area contributed by atoms with Crippen LogP contribution in [0.25, 0.3) is 0 Å². The summed E-state index contributed by atoms with van der Waals surface area (Å²) in [5.74, 6) is 0.00406. The Labute approximate surface area is 142 Å². The topological polar surface area (TPSA) is 54.0 Å². The van der Waals surface area contributed by atoms with Gasteiger partial charge in [0.2, 0.25) is 0 Å². The summed E-state index contributed by atoms with van der Waals surface area (Å²) in [4.78, 5) is 15.3. The smallest absolute Gasteiger partial charge is 0.369 e. The molecule has 0 unspecified atom stereocenters. The molecule has 0 aliphatic heterocycles. The van der Waals surface area contributed by atoms with Crippen LogP contribution in [0.5, 0.6) is 0 Å². The van der Waals surface area contributed by atoms with Gasteiger partial charge in [-0.1, -0.05) is 23.7 Å². The van der Waals surface area contributed by atoms with Crippen molar-refractivity contribution in [3.8, 4) is 0 Å². The number of rotatable bonds is 5. The Balaban J connectivity index is 1.99. The van der Waals surface area contributed by atoms with Crippen LogP contribution in [0.3, 0.4) is 0 Å². The molecule has 0 fully saturated rings. The van der Waals surface area contributed by atoms with Crippen LogP contribution in [0.4, 0.5) is 19.0 Å². The van der Waals surface area contributed by atoms with Crippen molar-refractivity contribution in [1.29, 1.82) is 0 Å². The summed E-state index contributed by atoms with van der Waals surface area (Å²) in [6.45, 7) is 0.412. The van der Waals surface area contributed by atoms with Gasteiger partial charge >= 0.3 is 6.18 Å². The summed E-state index contributed by atoms with van der Waals surface area (Å²) in [5, 5.41) is 5.34. The molecule has 2 aromatic rings. The van der Waals surface area contributed by atoms with Gasteiger partial charge in [0.15, 0.2) is 0 Å². The second-order valence-corrected chi connectivity index (χ2v) is 5.42. The number of carbonyl (C=O) groups excluding carboxylic acids is 1. The molecule has 128 valence electrons. The number of benzene rings is 1. The monoisotopic (exact) mass is 357 g/mol.